The first-order chi connectivity index (χ1) is 9.15. The molecule has 5 nitrogen and oxygen atoms in total. The van der Waals surface area contributed by atoms with E-state index in [2.05, 4.69) is 0 Å². The number of carboxylic acids is 1. The maximum absolute atomic E-state index is 12.1. The summed E-state index contributed by atoms with van der Waals surface area (Å²) in [4.78, 5) is 24.2. The highest BCUT2D eigenvalue weighted by Gasteiger charge is 2.15. The molecule has 0 unspecified atom stereocenters. The number of rotatable bonds is 8. The minimum absolute atomic E-state index is 0.0564. The van der Waals surface area contributed by atoms with Crippen LogP contribution in [0.2, 0.25) is 0 Å². The first kappa shape index (κ1) is 15.2. The summed E-state index contributed by atoms with van der Waals surface area (Å²) >= 11 is 0. The number of hydrogen-bond acceptors (Lipinski definition) is 3. The fourth-order valence-electron chi connectivity index (χ4n) is 1.72. The predicted octanol–water partition coefficient (Wildman–Crippen LogP) is 1.92. The molecule has 0 spiro atoms. The molecule has 1 rings (SSSR count). The average molecular weight is 265 g/mol. The van der Waals surface area contributed by atoms with E-state index in [1.54, 1.807) is 12.0 Å². The molecule has 0 saturated heterocycles. The molecule has 1 aromatic rings. The quantitative estimate of drug-likeness (QED) is 0.779. The Morgan fingerprint density at radius 2 is 1.89 bits per heavy atom. The van der Waals surface area contributed by atoms with Crippen LogP contribution in [0.5, 0.6) is 0 Å². The third kappa shape index (κ3) is 5.52. The number of aliphatic carboxylic acids is 1. The topological polar surface area (TPSA) is 66.8 Å². The summed E-state index contributed by atoms with van der Waals surface area (Å²) in [6.07, 6.45) is 0.780. The molecule has 0 fully saturated rings. The van der Waals surface area contributed by atoms with Crippen molar-refractivity contribution in [2.45, 2.75) is 19.3 Å². The van der Waals surface area contributed by atoms with Crippen LogP contribution in [0.4, 0.5) is 5.69 Å². The lowest BCUT2D eigenvalue weighted by atomic mass is 10.2. The van der Waals surface area contributed by atoms with Gasteiger partial charge in [-0.05, 0) is 18.6 Å². The molecule has 0 aliphatic rings. The summed E-state index contributed by atoms with van der Waals surface area (Å²) in [5, 5.41) is 8.65. The minimum Gasteiger partial charge on any atom is -0.481 e. The Hall–Kier alpha value is -1.88. The van der Waals surface area contributed by atoms with Crippen molar-refractivity contribution in [2.75, 3.05) is 25.2 Å². The standard InChI is InChI=1S/C14H19NO4/c1-19-11-9-13(16)15(10-5-8-14(17)18)12-6-3-2-4-7-12/h2-4,6-7H,5,8-11H2,1H3,(H,17,18). The molecule has 5 heteroatoms. The van der Waals surface area contributed by atoms with Crippen molar-refractivity contribution >= 4 is 17.6 Å². The van der Waals surface area contributed by atoms with Crippen LogP contribution in [0.3, 0.4) is 0 Å². The molecule has 1 aromatic carbocycles. The normalized spacial score (nSPS) is 10.2. The molecule has 0 bridgehead atoms. The van der Waals surface area contributed by atoms with Crippen LogP contribution in [0.1, 0.15) is 19.3 Å². The maximum Gasteiger partial charge on any atom is 0.303 e. The molecule has 0 atom stereocenters. The van der Waals surface area contributed by atoms with Crippen molar-refractivity contribution < 1.29 is 19.4 Å². The van der Waals surface area contributed by atoms with E-state index in [1.165, 1.54) is 0 Å². The van der Waals surface area contributed by atoms with Crippen LogP contribution in [0.25, 0.3) is 0 Å². The Labute approximate surface area is 112 Å². The van der Waals surface area contributed by atoms with Crippen molar-refractivity contribution in [1.29, 1.82) is 0 Å². The third-order valence-electron chi connectivity index (χ3n) is 2.66. The fraction of sp³-hybridized carbons (Fsp3) is 0.429. The highest BCUT2D eigenvalue weighted by Crippen LogP contribution is 2.15. The van der Waals surface area contributed by atoms with Crippen LogP contribution in [-0.4, -0.2) is 37.2 Å². The number of benzene rings is 1. The Morgan fingerprint density at radius 1 is 1.21 bits per heavy atom. The summed E-state index contributed by atoms with van der Waals surface area (Å²) < 4.78 is 4.90. The molecule has 19 heavy (non-hydrogen) atoms. The van der Waals surface area contributed by atoms with Crippen molar-refractivity contribution in [2.24, 2.45) is 0 Å². The van der Waals surface area contributed by atoms with Crippen LogP contribution in [-0.2, 0) is 14.3 Å². The Balaban J connectivity index is 2.67. The van der Waals surface area contributed by atoms with Gasteiger partial charge in [0.05, 0.1) is 13.0 Å². The zero-order valence-corrected chi connectivity index (χ0v) is 11.0. The number of carbonyl (C=O) groups is 2. The molecule has 0 aliphatic carbocycles. The number of anilines is 1. The molecule has 104 valence electrons. The number of carbonyl (C=O) groups excluding carboxylic acids is 1. The molecular weight excluding hydrogens is 246 g/mol. The van der Waals surface area contributed by atoms with E-state index in [0.29, 0.717) is 26.0 Å². The van der Waals surface area contributed by atoms with Gasteiger partial charge in [-0.3, -0.25) is 9.59 Å². The van der Waals surface area contributed by atoms with Gasteiger partial charge in [-0.25, -0.2) is 0 Å². The van der Waals surface area contributed by atoms with E-state index in [1.807, 2.05) is 30.3 Å². The van der Waals surface area contributed by atoms with E-state index in [9.17, 15) is 9.59 Å². The van der Waals surface area contributed by atoms with Gasteiger partial charge in [0, 0.05) is 25.8 Å². The number of carboxylic acid groups (broad SMARTS) is 1. The van der Waals surface area contributed by atoms with E-state index < -0.39 is 5.97 Å². The average Bonchev–Trinajstić information content (AvgIpc) is 2.41. The molecule has 0 radical (unpaired) electrons. The van der Waals surface area contributed by atoms with E-state index >= 15 is 0 Å². The molecule has 0 aliphatic heterocycles. The van der Waals surface area contributed by atoms with Gasteiger partial charge < -0.3 is 14.7 Å². The van der Waals surface area contributed by atoms with Gasteiger partial charge in [0.15, 0.2) is 0 Å². The van der Waals surface area contributed by atoms with Gasteiger partial charge in [0.2, 0.25) is 5.91 Å². The number of methoxy groups -OCH3 is 1. The second-order valence-electron chi connectivity index (χ2n) is 4.12. The lowest BCUT2D eigenvalue weighted by Gasteiger charge is -2.22. The zero-order chi connectivity index (χ0) is 14.1. The highest BCUT2D eigenvalue weighted by molar-refractivity contribution is 5.93. The molecule has 0 aromatic heterocycles. The first-order valence-corrected chi connectivity index (χ1v) is 6.21. The van der Waals surface area contributed by atoms with E-state index in [0.717, 1.165) is 5.69 Å². The Bertz CT molecular complexity index is 405. The van der Waals surface area contributed by atoms with Gasteiger partial charge in [-0.15, -0.1) is 0 Å². The zero-order valence-electron chi connectivity index (χ0n) is 11.0. The van der Waals surface area contributed by atoms with Gasteiger partial charge in [-0.2, -0.15) is 0 Å². The van der Waals surface area contributed by atoms with Gasteiger partial charge >= 0.3 is 5.97 Å². The summed E-state index contributed by atoms with van der Waals surface area (Å²) in [5.74, 6) is -0.907. The monoisotopic (exact) mass is 265 g/mol. The van der Waals surface area contributed by atoms with Crippen LogP contribution >= 0.6 is 0 Å². The molecule has 0 heterocycles. The van der Waals surface area contributed by atoms with Gasteiger partial charge in [-0.1, -0.05) is 18.2 Å². The number of ether oxygens (including phenoxy) is 1. The van der Waals surface area contributed by atoms with Crippen LogP contribution < -0.4 is 4.90 Å². The van der Waals surface area contributed by atoms with Gasteiger partial charge in [0.1, 0.15) is 0 Å². The molecule has 1 amide bonds. The summed E-state index contributed by atoms with van der Waals surface area (Å²) in [6.45, 7) is 0.764. The van der Waals surface area contributed by atoms with Crippen LogP contribution in [0.15, 0.2) is 30.3 Å². The predicted molar refractivity (Wildman–Crippen MR) is 72.2 cm³/mol. The number of amides is 1. The third-order valence-corrected chi connectivity index (χ3v) is 2.66. The molecule has 0 saturated carbocycles. The lowest BCUT2D eigenvalue weighted by Crippen LogP contribution is -2.32. The summed E-state index contributed by atoms with van der Waals surface area (Å²) in [6, 6.07) is 9.25. The molecule has 1 N–H and O–H groups in total. The number of hydrogen-bond donors (Lipinski definition) is 1. The minimum atomic E-state index is -0.850. The van der Waals surface area contributed by atoms with Crippen molar-refractivity contribution in [3.63, 3.8) is 0 Å². The second-order valence-corrected chi connectivity index (χ2v) is 4.12. The van der Waals surface area contributed by atoms with E-state index in [-0.39, 0.29) is 12.3 Å². The molecular formula is C14H19NO4. The largest absolute Gasteiger partial charge is 0.481 e. The summed E-state index contributed by atoms with van der Waals surface area (Å²) in [5.41, 5.74) is 0.786. The SMILES string of the molecule is COCCC(=O)N(CCCC(=O)O)c1ccccc1. The Kier molecular flexibility index (Phi) is 6.60. The Morgan fingerprint density at radius 3 is 2.47 bits per heavy atom. The first-order valence-electron chi connectivity index (χ1n) is 6.21. The van der Waals surface area contributed by atoms with Crippen molar-refractivity contribution in [3.8, 4) is 0 Å². The lowest BCUT2D eigenvalue weighted by molar-refractivity contribution is -0.137. The summed E-state index contributed by atoms with van der Waals surface area (Å²) in [7, 11) is 1.55. The highest BCUT2D eigenvalue weighted by atomic mass is 16.5. The van der Waals surface area contributed by atoms with Gasteiger partial charge in [0.25, 0.3) is 0 Å². The smallest absolute Gasteiger partial charge is 0.303 e. The fourth-order valence-corrected chi connectivity index (χ4v) is 1.72. The van der Waals surface area contributed by atoms with Crippen molar-refractivity contribution in [3.05, 3.63) is 30.3 Å². The van der Waals surface area contributed by atoms with Crippen molar-refractivity contribution in [1.82, 2.24) is 0 Å². The van der Waals surface area contributed by atoms with Crippen LogP contribution in [0, 0.1) is 0 Å². The number of nitrogens with zero attached hydrogens (tertiary/aromatic N) is 1. The second kappa shape index (κ2) is 8.26. The maximum atomic E-state index is 12.1. The van der Waals surface area contributed by atoms with E-state index in [4.69, 9.17) is 9.84 Å². The number of para-hydroxylation sites is 1.